The van der Waals surface area contributed by atoms with Gasteiger partial charge in [-0.1, -0.05) is 12.1 Å². The molecule has 1 aromatic carbocycles. The van der Waals surface area contributed by atoms with E-state index < -0.39 is 0 Å². The Balaban J connectivity index is 1.61. The maximum atomic E-state index is 13.2. The van der Waals surface area contributed by atoms with Gasteiger partial charge in [0.1, 0.15) is 6.61 Å². The van der Waals surface area contributed by atoms with Gasteiger partial charge in [0, 0.05) is 55.5 Å². The SMILES string of the molecule is COCC(=O)Nc1ccc(-c2cncc3sc(C(=O)N(C)c4ccnc(OC)c4)cc23)cc1. The number of anilines is 2. The van der Waals surface area contributed by atoms with E-state index in [0.29, 0.717) is 22.1 Å². The van der Waals surface area contributed by atoms with E-state index in [1.165, 1.54) is 25.6 Å². The van der Waals surface area contributed by atoms with Crippen LogP contribution in [-0.4, -0.2) is 49.7 Å². The van der Waals surface area contributed by atoms with Gasteiger partial charge in [0.05, 0.1) is 22.4 Å². The van der Waals surface area contributed by atoms with E-state index in [0.717, 1.165) is 21.2 Å². The fraction of sp³-hybridized carbons (Fsp3) is 0.167. The molecule has 4 rings (SSSR count). The molecule has 0 bridgehead atoms. The summed E-state index contributed by atoms with van der Waals surface area (Å²) in [5.41, 5.74) is 3.21. The van der Waals surface area contributed by atoms with E-state index in [2.05, 4.69) is 15.3 Å². The largest absolute Gasteiger partial charge is 0.481 e. The van der Waals surface area contributed by atoms with Crippen LogP contribution in [-0.2, 0) is 9.53 Å². The number of thiophene rings is 1. The van der Waals surface area contributed by atoms with E-state index in [-0.39, 0.29) is 18.4 Å². The Morgan fingerprint density at radius 2 is 1.88 bits per heavy atom. The predicted molar refractivity (Wildman–Crippen MR) is 129 cm³/mol. The smallest absolute Gasteiger partial charge is 0.268 e. The fourth-order valence-corrected chi connectivity index (χ4v) is 4.39. The summed E-state index contributed by atoms with van der Waals surface area (Å²) in [7, 11) is 4.73. The summed E-state index contributed by atoms with van der Waals surface area (Å²) in [5, 5.41) is 3.71. The molecule has 4 aromatic rings. The van der Waals surface area contributed by atoms with Crippen molar-refractivity contribution in [3.8, 4) is 17.0 Å². The molecule has 33 heavy (non-hydrogen) atoms. The molecule has 2 amide bonds. The molecule has 0 radical (unpaired) electrons. The third-order valence-electron chi connectivity index (χ3n) is 5.03. The molecule has 1 N–H and O–H groups in total. The summed E-state index contributed by atoms with van der Waals surface area (Å²) in [4.78, 5) is 35.5. The number of nitrogens with one attached hydrogen (secondary N) is 1. The number of hydrogen-bond acceptors (Lipinski definition) is 7. The lowest BCUT2D eigenvalue weighted by atomic mass is 10.0. The lowest BCUT2D eigenvalue weighted by Gasteiger charge is -2.16. The van der Waals surface area contributed by atoms with Crippen molar-refractivity contribution in [3.63, 3.8) is 0 Å². The Labute approximate surface area is 194 Å². The number of methoxy groups -OCH3 is 2. The number of fused-ring (bicyclic) bond motifs is 1. The van der Waals surface area contributed by atoms with E-state index >= 15 is 0 Å². The van der Waals surface area contributed by atoms with E-state index in [1.807, 2.05) is 30.3 Å². The number of ether oxygens (including phenoxy) is 2. The summed E-state index contributed by atoms with van der Waals surface area (Å²) in [6, 6.07) is 12.8. The Hall–Kier alpha value is -3.82. The van der Waals surface area contributed by atoms with Gasteiger partial charge in [0.2, 0.25) is 11.8 Å². The standard InChI is InChI=1S/C24H22N4O4S/c1-28(17-8-9-26-23(10-17)32-3)24(30)20-11-18-19(12-25-13-21(18)33-20)15-4-6-16(7-5-15)27-22(29)14-31-2/h4-13H,14H2,1-3H3,(H,27,29). The number of aromatic nitrogens is 2. The molecular formula is C24H22N4O4S. The van der Waals surface area contributed by atoms with Crippen molar-refractivity contribution in [1.82, 2.24) is 9.97 Å². The number of pyridine rings is 2. The lowest BCUT2D eigenvalue weighted by Crippen LogP contribution is -2.25. The number of nitrogens with zero attached hydrogens (tertiary/aromatic N) is 3. The molecule has 0 fully saturated rings. The highest BCUT2D eigenvalue weighted by Crippen LogP contribution is 2.34. The molecule has 0 spiro atoms. The molecule has 0 aliphatic heterocycles. The molecule has 168 valence electrons. The topological polar surface area (TPSA) is 93.6 Å². The minimum absolute atomic E-state index is 0.00257. The molecular weight excluding hydrogens is 440 g/mol. The van der Waals surface area contributed by atoms with Crippen molar-refractivity contribution >= 4 is 44.6 Å². The second-order valence-corrected chi connectivity index (χ2v) is 8.27. The van der Waals surface area contributed by atoms with Gasteiger partial charge < -0.3 is 19.7 Å². The zero-order chi connectivity index (χ0) is 23.4. The fourth-order valence-electron chi connectivity index (χ4n) is 3.36. The molecule has 0 saturated carbocycles. The highest BCUT2D eigenvalue weighted by Gasteiger charge is 2.19. The highest BCUT2D eigenvalue weighted by atomic mass is 32.1. The minimum atomic E-state index is -0.217. The Bertz CT molecular complexity index is 1300. The van der Waals surface area contributed by atoms with Crippen molar-refractivity contribution in [2.75, 3.05) is 38.1 Å². The highest BCUT2D eigenvalue weighted by molar-refractivity contribution is 7.21. The zero-order valence-electron chi connectivity index (χ0n) is 18.4. The number of benzene rings is 1. The van der Waals surface area contributed by atoms with Crippen LogP contribution in [0.15, 0.2) is 61.1 Å². The second-order valence-electron chi connectivity index (χ2n) is 7.19. The summed E-state index contributed by atoms with van der Waals surface area (Å²) < 4.78 is 10.9. The van der Waals surface area contributed by atoms with Crippen LogP contribution >= 0.6 is 11.3 Å². The summed E-state index contributed by atoms with van der Waals surface area (Å²) in [5.74, 6) is 0.0920. The number of amides is 2. The minimum Gasteiger partial charge on any atom is -0.481 e. The van der Waals surface area contributed by atoms with Gasteiger partial charge in [0.15, 0.2) is 0 Å². The van der Waals surface area contributed by atoms with E-state index in [9.17, 15) is 9.59 Å². The number of hydrogen-bond donors (Lipinski definition) is 1. The van der Waals surface area contributed by atoms with Crippen LogP contribution in [0.25, 0.3) is 21.2 Å². The number of rotatable bonds is 7. The van der Waals surface area contributed by atoms with Crippen LogP contribution in [0.2, 0.25) is 0 Å². The Kier molecular flexibility index (Phi) is 6.62. The van der Waals surface area contributed by atoms with Crippen LogP contribution in [0, 0.1) is 0 Å². The van der Waals surface area contributed by atoms with Crippen molar-refractivity contribution in [3.05, 3.63) is 65.9 Å². The number of carbonyl (C=O) groups is 2. The molecule has 3 heterocycles. The lowest BCUT2D eigenvalue weighted by molar-refractivity contribution is -0.119. The zero-order valence-corrected chi connectivity index (χ0v) is 19.2. The predicted octanol–water partition coefficient (Wildman–Crippen LogP) is 4.23. The van der Waals surface area contributed by atoms with Crippen LogP contribution in [0.1, 0.15) is 9.67 Å². The van der Waals surface area contributed by atoms with Crippen molar-refractivity contribution in [2.45, 2.75) is 0 Å². The van der Waals surface area contributed by atoms with Crippen molar-refractivity contribution in [1.29, 1.82) is 0 Å². The van der Waals surface area contributed by atoms with Gasteiger partial charge in [-0.2, -0.15) is 0 Å². The normalized spacial score (nSPS) is 10.8. The average Bonchev–Trinajstić information content (AvgIpc) is 3.28. The first-order valence-electron chi connectivity index (χ1n) is 10.0. The monoisotopic (exact) mass is 462 g/mol. The van der Waals surface area contributed by atoms with Gasteiger partial charge in [0.25, 0.3) is 5.91 Å². The molecule has 8 nitrogen and oxygen atoms in total. The molecule has 0 aliphatic rings. The molecule has 3 aromatic heterocycles. The summed E-state index contributed by atoms with van der Waals surface area (Å²) in [6.07, 6.45) is 5.14. The quantitative estimate of drug-likeness (QED) is 0.442. The van der Waals surface area contributed by atoms with E-state index in [4.69, 9.17) is 9.47 Å². The molecule has 0 unspecified atom stereocenters. The second kappa shape index (κ2) is 9.76. The van der Waals surface area contributed by atoms with Gasteiger partial charge >= 0.3 is 0 Å². The summed E-state index contributed by atoms with van der Waals surface area (Å²) >= 11 is 1.39. The van der Waals surface area contributed by atoms with Crippen LogP contribution in [0.5, 0.6) is 5.88 Å². The van der Waals surface area contributed by atoms with Crippen LogP contribution in [0.4, 0.5) is 11.4 Å². The average molecular weight is 463 g/mol. The Morgan fingerprint density at radius 3 is 2.61 bits per heavy atom. The van der Waals surface area contributed by atoms with Gasteiger partial charge in [-0.15, -0.1) is 11.3 Å². The molecule has 0 aliphatic carbocycles. The van der Waals surface area contributed by atoms with Crippen LogP contribution in [0.3, 0.4) is 0 Å². The third-order valence-corrected chi connectivity index (χ3v) is 6.09. The molecule has 0 atom stereocenters. The van der Waals surface area contributed by atoms with Crippen molar-refractivity contribution in [2.24, 2.45) is 0 Å². The van der Waals surface area contributed by atoms with Gasteiger partial charge in [-0.3, -0.25) is 14.6 Å². The maximum absolute atomic E-state index is 13.2. The first kappa shape index (κ1) is 22.4. The van der Waals surface area contributed by atoms with Gasteiger partial charge in [-0.05, 0) is 29.8 Å². The maximum Gasteiger partial charge on any atom is 0.268 e. The van der Waals surface area contributed by atoms with E-state index in [1.54, 1.807) is 42.7 Å². The number of carbonyl (C=O) groups excluding carboxylic acids is 2. The molecule has 9 heteroatoms. The molecule has 0 saturated heterocycles. The third kappa shape index (κ3) is 4.84. The Morgan fingerprint density at radius 1 is 1.09 bits per heavy atom. The summed E-state index contributed by atoms with van der Waals surface area (Å²) in [6.45, 7) is -0.00257. The van der Waals surface area contributed by atoms with Gasteiger partial charge in [-0.25, -0.2) is 4.98 Å². The first-order valence-corrected chi connectivity index (χ1v) is 10.9. The van der Waals surface area contributed by atoms with Crippen molar-refractivity contribution < 1.29 is 19.1 Å². The first-order chi connectivity index (χ1) is 16.0. The van der Waals surface area contributed by atoms with Crippen LogP contribution < -0.4 is 15.0 Å².